The first-order chi connectivity index (χ1) is 12.1. The van der Waals surface area contributed by atoms with Crippen molar-refractivity contribution >= 4 is 11.9 Å². The molecule has 0 saturated carbocycles. The zero-order valence-electron chi connectivity index (χ0n) is 15.1. The van der Waals surface area contributed by atoms with Crippen molar-refractivity contribution in [1.82, 2.24) is 4.90 Å². The summed E-state index contributed by atoms with van der Waals surface area (Å²) in [5, 5.41) is 0. The molecule has 6 heteroatoms. The molecule has 1 atom stereocenters. The number of fused-ring (bicyclic) bond motifs is 3. The Morgan fingerprint density at radius 1 is 1.20 bits per heavy atom. The summed E-state index contributed by atoms with van der Waals surface area (Å²) in [5.41, 5.74) is 1.79. The van der Waals surface area contributed by atoms with Crippen LogP contribution < -0.4 is 9.47 Å². The standard InChI is InChI=1S/C19H25NO5/c1-4-25-18(22)6-9-19-8-5-17(21)20(19)10-7-13-11-15(23-2)16(24-3)12-14(13)19/h11-12H,4-10H2,1-3H3. The number of amides is 1. The lowest BCUT2D eigenvalue weighted by Gasteiger charge is -2.44. The number of hydrogen-bond acceptors (Lipinski definition) is 5. The molecule has 0 radical (unpaired) electrons. The summed E-state index contributed by atoms with van der Waals surface area (Å²) in [7, 11) is 3.23. The minimum absolute atomic E-state index is 0.157. The normalized spacial score (nSPS) is 21.6. The van der Waals surface area contributed by atoms with Crippen LogP contribution in [-0.4, -0.2) is 44.1 Å². The van der Waals surface area contributed by atoms with E-state index in [2.05, 4.69) is 0 Å². The molecule has 2 aliphatic rings. The van der Waals surface area contributed by atoms with Crippen molar-refractivity contribution in [3.63, 3.8) is 0 Å². The third kappa shape index (κ3) is 2.94. The molecule has 0 aromatic heterocycles. The third-order valence-corrected chi connectivity index (χ3v) is 5.33. The molecular formula is C19H25NO5. The van der Waals surface area contributed by atoms with E-state index in [9.17, 15) is 9.59 Å². The van der Waals surface area contributed by atoms with Gasteiger partial charge in [0.2, 0.25) is 5.91 Å². The van der Waals surface area contributed by atoms with Crippen LogP contribution >= 0.6 is 0 Å². The molecule has 2 aliphatic heterocycles. The van der Waals surface area contributed by atoms with Crippen LogP contribution in [0.15, 0.2) is 12.1 Å². The number of methoxy groups -OCH3 is 2. The Bertz CT molecular complexity index is 687. The predicted octanol–water partition coefficient (Wildman–Crippen LogP) is 2.42. The summed E-state index contributed by atoms with van der Waals surface area (Å²) in [6, 6.07) is 3.98. The molecule has 1 aromatic rings. The van der Waals surface area contributed by atoms with Gasteiger partial charge in [-0.1, -0.05) is 0 Å². The number of hydrogen-bond donors (Lipinski definition) is 0. The quantitative estimate of drug-likeness (QED) is 0.740. The van der Waals surface area contributed by atoms with Gasteiger partial charge >= 0.3 is 5.97 Å². The fraction of sp³-hybridized carbons (Fsp3) is 0.579. The molecule has 0 N–H and O–H groups in total. The van der Waals surface area contributed by atoms with Crippen LogP contribution in [0.3, 0.4) is 0 Å². The smallest absolute Gasteiger partial charge is 0.305 e. The molecule has 0 aliphatic carbocycles. The van der Waals surface area contributed by atoms with Crippen molar-refractivity contribution in [1.29, 1.82) is 0 Å². The van der Waals surface area contributed by atoms with E-state index in [4.69, 9.17) is 14.2 Å². The van der Waals surface area contributed by atoms with E-state index in [0.717, 1.165) is 17.5 Å². The molecule has 1 amide bonds. The lowest BCUT2D eigenvalue weighted by atomic mass is 9.77. The van der Waals surface area contributed by atoms with Crippen LogP contribution in [0.5, 0.6) is 11.5 Å². The first-order valence-corrected chi connectivity index (χ1v) is 8.77. The van der Waals surface area contributed by atoms with Crippen LogP contribution in [0.4, 0.5) is 0 Å². The lowest BCUT2D eigenvalue weighted by Crippen LogP contribution is -2.48. The van der Waals surface area contributed by atoms with E-state index in [1.807, 2.05) is 17.0 Å². The number of carbonyl (C=O) groups excluding carboxylic acids is 2. The largest absolute Gasteiger partial charge is 0.493 e. The summed E-state index contributed by atoms with van der Waals surface area (Å²) in [6.45, 7) is 2.84. The molecule has 1 unspecified atom stereocenters. The zero-order chi connectivity index (χ0) is 18.0. The molecule has 25 heavy (non-hydrogen) atoms. The minimum atomic E-state index is -0.447. The maximum atomic E-state index is 12.4. The number of rotatable bonds is 6. The molecule has 0 spiro atoms. The van der Waals surface area contributed by atoms with Crippen LogP contribution in [0.2, 0.25) is 0 Å². The van der Waals surface area contributed by atoms with Crippen LogP contribution in [0.1, 0.15) is 43.7 Å². The molecule has 6 nitrogen and oxygen atoms in total. The van der Waals surface area contributed by atoms with E-state index < -0.39 is 5.54 Å². The van der Waals surface area contributed by atoms with E-state index >= 15 is 0 Å². The van der Waals surface area contributed by atoms with Gasteiger partial charge in [-0.15, -0.1) is 0 Å². The highest BCUT2D eigenvalue weighted by atomic mass is 16.5. The van der Waals surface area contributed by atoms with E-state index in [1.54, 1.807) is 21.1 Å². The molecular weight excluding hydrogens is 322 g/mol. The van der Waals surface area contributed by atoms with Crippen molar-refractivity contribution in [3.8, 4) is 11.5 Å². The van der Waals surface area contributed by atoms with Gasteiger partial charge in [0.05, 0.1) is 26.4 Å². The zero-order valence-corrected chi connectivity index (χ0v) is 15.1. The summed E-state index contributed by atoms with van der Waals surface area (Å²) < 4.78 is 16.0. The Labute approximate surface area is 148 Å². The second-order valence-corrected chi connectivity index (χ2v) is 6.50. The van der Waals surface area contributed by atoms with Crippen LogP contribution in [0.25, 0.3) is 0 Å². The Morgan fingerprint density at radius 2 is 1.92 bits per heavy atom. The van der Waals surface area contributed by atoms with Gasteiger partial charge < -0.3 is 19.1 Å². The topological polar surface area (TPSA) is 65.1 Å². The summed E-state index contributed by atoms with van der Waals surface area (Å²) >= 11 is 0. The molecule has 1 fully saturated rings. The summed E-state index contributed by atoms with van der Waals surface area (Å²) in [5.74, 6) is 1.28. The maximum absolute atomic E-state index is 12.4. The number of ether oxygens (including phenoxy) is 3. The van der Waals surface area contributed by atoms with Crippen LogP contribution in [0, 0.1) is 0 Å². The highest BCUT2D eigenvalue weighted by Gasteiger charge is 2.49. The molecule has 2 heterocycles. The van der Waals surface area contributed by atoms with Gasteiger partial charge in [0.1, 0.15) is 0 Å². The van der Waals surface area contributed by atoms with E-state index in [1.165, 1.54) is 0 Å². The number of benzene rings is 1. The Morgan fingerprint density at radius 3 is 2.60 bits per heavy atom. The average molecular weight is 347 g/mol. The molecule has 3 rings (SSSR count). The Kier molecular flexibility index (Phi) is 4.88. The predicted molar refractivity (Wildman–Crippen MR) is 91.7 cm³/mol. The minimum Gasteiger partial charge on any atom is -0.493 e. The van der Waals surface area contributed by atoms with Gasteiger partial charge in [0.25, 0.3) is 0 Å². The van der Waals surface area contributed by atoms with E-state index in [-0.39, 0.29) is 11.9 Å². The van der Waals surface area contributed by atoms with Crippen molar-refractivity contribution in [2.24, 2.45) is 0 Å². The third-order valence-electron chi connectivity index (χ3n) is 5.33. The van der Waals surface area contributed by atoms with Crippen molar-refractivity contribution in [2.75, 3.05) is 27.4 Å². The first kappa shape index (κ1) is 17.6. The van der Waals surface area contributed by atoms with Gasteiger partial charge in [-0.3, -0.25) is 9.59 Å². The number of esters is 1. The van der Waals surface area contributed by atoms with Gasteiger partial charge in [0.15, 0.2) is 11.5 Å². The average Bonchev–Trinajstić information content (AvgIpc) is 2.96. The highest BCUT2D eigenvalue weighted by Crippen LogP contribution is 2.49. The summed E-state index contributed by atoms with van der Waals surface area (Å²) in [6.07, 6.45) is 2.87. The molecule has 0 bridgehead atoms. The SMILES string of the molecule is CCOC(=O)CCC12CCC(=O)N1CCc1cc(OC)c(OC)cc12. The maximum Gasteiger partial charge on any atom is 0.305 e. The van der Waals surface area contributed by atoms with Crippen LogP contribution in [-0.2, 0) is 26.3 Å². The fourth-order valence-electron chi connectivity index (χ4n) is 4.17. The monoisotopic (exact) mass is 347 g/mol. The second-order valence-electron chi connectivity index (χ2n) is 6.50. The molecule has 1 saturated heterocycles. The Balaban J connectivity index is 2.01. The Hall–Kier alpha value is -2.24. The lowest BCUT2D eigenvalue weighted by molar-refractivity contribution is -0.145. The summed E-state index contributed by atoms with van der Waals surface area (Å²) in [4.78, 5) is 26.3. The number of nitrogens with zero attached hydrogens (tertiary/aromatic N) is 1. The molecule has 1 aromatic carbocycles. The van der Waals surface area contributed by atoms with Crippen molar-refractivity contribution in [2.45, 2.75) is 44.6 Å². The highest BCUT2D eigenvalue weighted by molar-refractivity contribution is 5.81. The van der Waals surface area contributed by atoms with E-state index in [0.29, 0.717) is 50.3 Å². The first-order valence-electron chi connectivity index (χ1n) is 8.77. The fourth-order valence-corrected chi connectivity index (χ4v) is 4.17. The van der Waals surface area contributed by atoms with Crippen molar-refractivity contribution in [3.05, 3.63) is 23.3 Å². The van der Waals surface area contributed by atoms with Crippen molar-refractivity contribution < 1.29 is 23.8 Å². The van der Waals surface area contributed by atoms with Gasteiger partial charge in [0, 0.05) is 19.4 Å². The van der Waals surface area contributed by atoms with Gasteiger partial charge in [-0.05, 0) is 49.4 Å². The molecule has 136 valence electrons. The second kappa shape index (κ2) is 6.94. The van der Waals surface area contributed by atoms with Gasteiger partial charge in [-0.2, -0.15) is 0 Å². The van der Waals surface area contributed by atoms with Gasteiger partial charge in [-0.25, -0.2) is 0 Å². The number of carbonyl (C=O) groups is 2.